The van der Waals surface area contributed by atoms with E-state index in [1.54, 1.807) is 12.3 Å². The van der Waals surface area contributed by atoms with Crippen LogP contribution in [-0.4, -0.2) is 42.6 Å². The van der Waals surface area contributed by atoms with Gasteiger partial charge in [-0.05, 0) is 42.8 Å². The van der Waals surface area contributed by atoms with Crippen LogP contribution in [0.2, 0.25) is 5.02 Å². The summed E-state index contributed by atoms with van der Waals surface area (Å²) >= 11 is 5.84. The van der Waals surface area contributed by atoms with Crippen LogP contribution < -0.4 is 16.4 Å². The lowest BCUT2D eigenvalue weighted by Crippen LogP contribution is -2.34. The molecule has 0 saturated heterocycles. The van der Waals surface area contributed by atoms with Crippen molar-refractivity contribution in [3.63, 3.8) is 0 Å². The summed E-state index contributed by atoms with van der Waals surface area (Å²) in [6.07, 6.45) is 0.948. The molecule has 42 heavy (non-hydrogen) atoms. The van der Waals surface area contributed by atoms with E-state index in [4.69, 9.17) is 16.3 Å². The Bertz CT molecular complexity index is 1710. The fourth-order valence-corrected chi connectivity index (χ4v) is 4.80. The van der Waals surface area contributed by atoms with Crippen LogP contribution in [0.25, 0.3) is 22.2 Å². The Kier molecular flexibility index (Phi) is 9.98. The highest BCUT2D eigenvalue weighted by Gasteiger charge is 2.38. The number of pyridine rings is 1. The summed E-state index contributed by atoms with van der Waals surface area (Å²) in [6.45, 7) is 1.71. The minimum atomic E-state index is -4.90. The quantitative estimate of drug-likeness (QED) is 0.192. The van der Waals surface area contributed by atoms with Crippen molar-refractivity contribution in [1.29, 1.82) is 0 Å². The van der Waals surface area contributed by atoms with Crippen molar-refractivity contribution in [2.45, 2.75) is 44.1 Å². The number of anilines is 1. The van der Waals surface area contributed by atoms with Crippen LogP contribution in [0.15, 0.2) is 46.5 Å². The second-order valence-corrected chi connectivity index (χ2v) is 12.0. The van der Waals surface area contributed by atoms with E-state index in [0.717, 1.165) is 13.2 Å². The smallest absolute Gasteiger partial charge is 0.378 e. The monoisotopic (exact) mass is 644 g/mol. The van der Waals surface area contributed by atoms with Crippen LogP contribution >= 0.6 is 30.1 Å². The predicted molar refractivity (Wildman–Crippen MR) is 159 cm³/mol. The molecule has 0 aliphatic heterocycles. The van der Waals surface area contributed by atoms with Gasteiger partial charge >= 0.3 is 6.18 Å². The van der Waals surface area contributed by atoms with Crippen LogP contribution in [0.4, 0.5) is 23.2 Å². The van der Waals surface area contributed by atoms with E-state index in [-0.39, 0.29) is 47.5 Å². The number of hydrogen-bond acceptors (Lipinski definition) is 7. The van der Waals surface area contributed by atoms with E-state index in [9.17, 15) is 22.8 Å². The summed E-state index contributed by atoms with van der Waals surface area (Å²) in [7, 11) is 5.93. The highest BCUT2D eigenvalue weighted by atomic mass is 35.5. The van der Waals surface area contributed by atoms with Gasteiger partial charge in [0.05, 0.1) is 40.0 Å². The molecule has 0 aliphatic rings. The van der Waals surface area contributed by atoms with Gasteiger partial charge in [-0.15, -0.1) is 18.5 Å². The molecular formula is C26H27ClF4N6O3P2. The molecule has 1 N–H and O–H groups in total. The number of alkyl halides is 3. The number of hydrogen-bond donors (Lipinski definition) is 1. The molecule has 0 radical (unpaired) electrons. The molecule has 0 fully saturated rings. The number of nitrogens with zero attached hydrogens (tertiary/aromatic N) is 5. The summed E-state index contributed by atoms with van der Waals surface area (Å²) in [4.78, 5) is 33.7. The van der Waals surface area contributed by atoms with Crippen molar-refractivity contribution >= 4 is 46.5 Å². The first-order valence-electron chi connectivity index (χ1n) is 12.6. The van der Waals surface area contributed by atoms with Crippen LogP contribution in [0.1, 0.15) is 24.0 Å². The lowest BCUT2D eigenvalue weighted by atomic mass is 10.0. The van der Waals surface area contributed by atoms with Gasteiger partial charge in [0.2, 0.25) is 0 Å². The highest BCUT2D eigenvalue weighted by Crippen LogP contribution is 2.32. The molecule has 4 aromatic rings. The predicted octanol–water partition coefficient (Wildman–Crippen LogP) is 4.98. The third kappa shape index (κ3) is 7.14. The van der Waals surface area contributed by atoms with Crippen LogP contribution in [0.5, 0.6) is 0 Å². The second-order valence-electron chi connectivity index (χ2n) is 9.51. The molecule has 1 aromatic carbocycles. The summed E-state index contributed by atoms with van der Waals surface area (Å²) < 4.78 is 64.0. The number of halogens is 5. The van der Waals surface area contributed by atoms with Gasteiger partial charge in [0.25, 0.3) is 11.1 Å². The molecule has 0 aliphatic carbocycles. The number of ether oxygens (including phenoxy) is 1. The molecule has 3 atom stereocenters. The summed E-state index contributed by atoms with van der Waals surface area (Å²) in [5, 5.41) is 7.47. The zero-order chi connectivity index (χ0) is 30.8. The van der Waals surface area contributed by atoms with Crippen molar-refractivity contribution in [3.05, 3.63) is 79.6 Å². The van der Waals surface area contributed by atoms with Gasteiger partial charge in [0, 0.05) is 38.2 Å². The molecule has 0 amide bonds. The van der Waals surface area contributed by atoms with E-state index < -0.39 is 40.4 Å². The molecule has 9 nitrogen and oxygen atoms in total. The van der Waals surface area contributed by atoms with Crippen LogP contribution in [0.3, 0.4) is 0 Å². The van der Waals surface area contributed by atoms with E-state index >= 15 is 4.39 Å². The average Bonchev–Trinajstić information content (AvgIpc) is 2.92. The molecule has 0 saturated carbocycles. The van der Waals surface area contributed by atoms with E-state index in [0.29, 0.717) is 21.5 Å². The normalized spacial score (nSPS) is 12.7. The Labute approximate surface area is 247 Å². The van der Waals surface area contributed by atoms with Gasteiger partial charge in [-0.3, -0.25) is 9.59 Å². The Morgan fingerprint density at radius 2 is 1.83 bits per heavy atom. The third-order valence-corrected chi connectivity index (χ3v) is 7.10. The van der Waals surface area contributed by atoms with Gasteiger partial charge in [-0.2, -0.15) is 18.3 Å². The highest BCUT2D eigenvalue weighted by molar-refractivity contribution is 7.37. The summed E-state index contributed by atoms with van der Waals surface area (Å²) in [6, 6.07) is 2.53. The average molecular weight is 645 g/mol. The fourth-order valence-electron chi connectivity index (χ4n) is 4.48. The standard InChI is InChI=1S/C26H27ClF4N6O3P2/c1-13-19-14(8-17(21(13)28)22-32-9-15(27)10-33-22)5-7-37(23(19)38)6-3-4-16(12-40-25(41)42)35-18-11-34-36(2)24(39)20(18)26(29,30)31/h5,7-11,16,25,35H,3-4,6,12,41-42H2,1-2H3/t16-/m1/s1. The van der Waals surface area contributed by atoms with Gasteiger partial charge in [0.15, 0.2) is 5.82 Å². The molecule has 0 bridgehead atoms. The fraction of sp³-hybridized carbons (Fsp3) is 0.346. The maximum atomic E-state index is 15.3. The molecule has 16 heteroatoms. The van der Waals surface area contributed by atoms with Gasteiger partial charge < -0.3 is 14.6 Å². The Balaban J connectivity index is 1.57. The number of nitrogens with one attached hydrogen (secondary N) is 1. The zero-order valence-corrected chi connectivity index (χ0v) is 25.5. The zero-order valence-electron chi connectivity index (χ0n) is 22.5. The molecule has 3 heterocycles. The van der Waals surface area contributed by atoms with Gasteiger partial charge in [-0.25, -0.2) is 19.0 Å². The maximum absolute atomic E-state index is 15.3. The number of fused-ring (bicyclic) bond motifs is 1. The first kappa shape index (κ1) is 31.9. The third-order valence-electron chi connectivity index (χ3n) is 6.52. The van der Waals surface area contributed by atoms with Crippen molar-refractivity contribution in [1.82, 2.24) is 24.3 Å². The first-order chi connectivity index (χ1) is 19.8. The Hall–Kier alpha value is -2.98. The lowest BCUT2D eigenvalue weighted by molar-refractivity contribution is -0.138. The molecule has 3 aromatic heterocycles. The van der Waals surface area contributed by atoms with Crippen LogP contribution in [-0.2, 0) is 24.5 Å². The number of rotatable bonds is 10. The second kappa shape index (κ2) is 13.1. The van der Waals surface area contributed by atoms with Crippen LogP contribution in [0, 0.1) is 12.7 Å². The van der Waals surface area contributed by atoms with E-state index in [1.807, 2.05) is 0 Å². The van der Waals surface area contributed by atoms with E-state index in [2.05, 4.69) is 38.9 Å². The molecule has 0 spiro atoms. The maximum Gasteiger partial charge on any atom is 0.423 e. The summed E-state index contributed by atoms with van der Waals surface area (Å²) in [5.74, 6) is -0.501. The van der Waals surface area contributed by atoms with Gasteiger partial charge in [-0.1, -0.05) is 11.6 Å². The van der Waals surface area contributed by atoms with Gasteiger partial charge in [0.1, 0.15) is 11.4 Å². The minimum Gasteiger partial charge on any atom is -0.378 e. The first-order valence-corrected chi connectivity index (χ1v) is 14.3. The molecule has 224 valence electrons. The number of aryl methyl sites for hydroxylation is 3. The SMILES string of the molecule is Cc1c(F)c(-c2ncc(Cl)cn2)cc2ccn(CCC[C@H](COC(P)P)Nc3cnn(C)c(=O)c3C(F)(F)F)c(=O)c12. The van der Waals surface area contributed by atoms with Crippen molar-refractivity contribution in [2.75, 3.05) is 11.9 Å². The lowest BCUT2D eigenvalue weighted by Gasteiger charge is -2.23. The van der Waals surface area contributed by atoms with Crippen molar-refractivity contribution in [3.8, 4) is 11.4 Å². The minimum absolute atomic E-state index is 0.0106. The molecule has 2 unspecified atom stereocenters. The topological polar surface area (TPSA) is 104 Å². The molecular weight excluding hydrogens is 618 g/mol. The summed E-state index contributed by atoms with van der Waals surface area (Å²) in [5.41, 5.74) is -3.60. The van der Waals surface area contributed by atoms with Crippen molar-refractivity contribution < 1.29 is 22.3 Å². The number of benzene rings is 1. The van der Waals surface area contributed by atoms with E-state index in [1.165, 1.54) is 30.0 Å². The largest absolute Gasteiger partial charge is 0.423 e. The Morgan fingerprint density at radius 3 is 2.48 bits per heavy atom. The number of aromatic nitrogens is 5. The van der Waals surface area contributed by atoms with Crippen molar-refractivity contribution in [2.24, 2.45) is 7.05 Å². The molecule has 4 rings (SSSR count). The Morgan fingerprint density at radius 1 is 1.14 bits per heavy atom.